The molecule has 0 aromatic heterocycles. The van der Waals surface area contributed by atoms with Crippen LogP contribution in [0.15, 0.2) is 22.7 Å². The third-order valence-electron chi connectivity index (χ3n) is 1.54. The Hall–Kier alpha value is -0.900. The van der Waals surface area contributed by atoms with E-state index in [0.29, 0.717) is 6.54 Å². The van der Waals surface area contributed by atoms with Crippen molar-refractivity contribution in [1.29, 1.82) is 0 Å². The molecule has 2 nitrogen and oxygen atoms in total. The lowest BCUT2D eigenvalue weighted by Crippen LogP contribution is -2.19. The minimum atomic E-state index is -0.302. The van der Waals surface area contributed by atoms with Gasteiger partial charge >= 0.3 is 0 Å². The number of rotatable bonds is 2. The van der Waals surface area contributed by atoms with Crippen molar-refractivity contribution in [3.63, 3.8) is 0 Å². The first-order valence-electron chi connectivity index (χ1n) is 3.78. The zero-order valence-electron chi connectivity index (χ0n) is 7.10. The van der Waals surface area contributed by atoms with Crippen LogP contribution in [0.3, 0.4) is 0 Å². The van der Waals surface area contributed by atoms with E-state index in [9.17, 15) is 9.18 Å². The Kier molecular flexibility index (Phi) is 3.42. The maximum absolute atomic E-state index is 12.7. The smallest absolute Gasteiger partial charge is 0.217 e. The standard InChI is InChI=1S/C9H9BrFNO/c1-6(13)12-5-7-4-8(11)2-3-9(7)10/h2-4H,5H2,1H3,(H,12,13). The van der Waals surface area contributed by atoms with Crippen LogP contribution in [-0.2, 0) is 11.3 Å². The van der Waals surface area contributed by atoms with Crippen molar-refractivity contribution in [2.45, 2.75) is 13.5 Å². The van der Waals surface area contributed by atoms with Crippen LogP contribution in [0.25, 0.3) is 0 Å². The van der Waals surface area contributed by atoms with Gasteiger partial charge in [0.05, 0.1) is 0 Å². The van der Waals surface area contributed by atoms with Gasteiger partial charge in [-0.05, 0) is 23.8 Å². The first-order valence-corrected chi connectivity index (χ1v) is 4.57. The Labute approximate surface area is 84.3 Å². The predicted molar refractivity (Wildman–Crippen MR) is 51.6 cm³/mol. The molecule has 0 radical (unpaired) electrons. The number of benzene rings is 1. The van der Waals surface area contributed by atoms with Gasteiger partial charge < -0.3 is 5.32 Å². The third-order valence-corrected chi connectivity index (χ3v) is 2.31. The highest BCUT2D eigenvalue weighted by atomic mass is 79.9. The summed E-state index contributed by atoms with van der Waals surface area (Å²) in [5, 5.41) is 2.59. The maximum Gasteiger partial charge on any atom is 0.217 e. The van der Waals surface area contributed by atoms with Crippen LogP contribution in [0.5, 0.6) is 0 Å². The molecule has 4 heteroatoms. The lowest BCUT2D eigenvalue weighted by molar-refractivity contribution is -0.119. The summed E-state index contributed by atoms with van der Waals surface area (Å²) in [6, 6.07) is 4.37. The van der Waals surface area contributed by atoms with Gasteiger partial charge in [0.15, 0.2) is 0 Å². The van der Waals surface area contributed by atoms with Crippen molar-refractivity contribution in [1.82, 2.24) is 5.32 Å². The van der Waals surface area contributed by atoms with E-state index in [4.69, 9.17) is 0 Å². The fraction of sp³-hybridized carbons (Fsp3) is 0.222. The molecule has 0 spiro atoms. The van der Waals surface area contributed by atoms with Crippen LogP contribution in [0.2, 0.25) is 0 Å². The van der Waals surface area contributed by atoms with Crippen molar-refractivity contribution in [3.8, 4) is 0 Å². The summed E-state index contributed by atoms with van der Waals surface area (Å²) in [5.74, 6) is -0.431. The summed E-state index contributed by atoms with van der Waals surface area (Å²) in [4.78, 5) is 10.6. The highest BCUT2D eigenvalue weighted by Crippen LogP contribution is 2.17. The summed E-state index contributed by atoms with van der Waals surface area (Å²) < 4.78 is 13.5. The minimum Gasteiger partial charge on any atom is -0.352 e. The molecule has 0 bridgehead atoms. The summed E-state index contributed by atoms with van der Waals surface area (Å²) in [7, 11) is 0. The summed E-state index contributed by atoms with van der Waals surface area (Å²) in [5.41, 5.74) is 0.732. The Morgan fingerprint density at radius 3 is 2.92 bits per heavy atom. The number of nitrogens with one attached hydrogen (secondary N) is 1. The second-order valence-electron chi connectivity index (χ2n) is 2.65. The quantitative estimate of drug-likeness (QED) is 0.851. The van der Waals surface area contributed by atoms with E-state index in [1.165, 1.54) is 19.1 Å². The van der Waals surface area contributed by atoms with Crippen molar-refractivity contribution >= 4 is 21.8 Å². The number of halogens is 2. The van der Waals surface area contributed by atoms with Crippen LogP contribution in [0.1, 0.15) is 12.5 Å². The third kappa shape index (κ3) is 3.14. The van der Waals surface area contributed by atoms with E-state index in [2.05, 4.69) is 21.2 Å². The average molecular weight is 246 g/mol. The van der Waals surface area contributed by atoms with Crippen molar-refractivity contribution in [2.24, 2.45) is 0 Å². The molecule has 1 N–H and O–H groups in total. The molecule has 1 rings (SSSR count). The topological polar surface area (TPSA) is 29.1 Å². The van der Waals surface area contributed by atoms with Gasteiger partial charge in [0.1, 0.15) is 5.82 Å². The monoisotopic (exact) mass is 245 g/mol. The van der Waals surface area contributed by atoms with Gasteiger partial charge in [-0.15, -0.1) is 0 Å². The molecule has 0 aliphatic carbocycles. The predicted octanol–water partition coefficient (Wildman–Crippen LogP) is 2.22. The van der Waals surface area contributed by atoms with E-state index in [1.807, 2.05) is 0 Å². The van der Waals surface area contributed by atoms with Crippen molar-refractivity contribution in [2.75, 3.05) is 0 Å². The highest BCUT2D eigenvalue weighted by molar-refractivity contribution is 9.10. The van der Waals surface area contributed by atoms with Crippen molar-refractivity contribution < 1.29 is 9.18 Å². The summed E-state index contributed by atoms with van der Waals surface area (Å²) in [6.45, 7) is 1.76. The average Bonchev–Trinajstić information content (AvgIpc) is 2.06. The van der Waals surface area contributed by atoms with Crippen LogP contribution in [0.4, 0.5) is 4.39 Å². The van der Waals surface area contributed by atoms with E-state index < -0.39 is 0 Å². The molecule has 0 unspecified atom stereocenters. The normalized spacial score (nSPS) is 9.77. The molecule has 0 saturated heterocycles. The zero-order valence-corrected chi connectivity index (χ0v) is 8.69. The first-order chi connectivity index (χ1) is 6.09. The molecule has 0 saturated carbocycles. The molecule has 0 aliphatic heterocycles. The molecule has 13 heavy (non-hydrogen) atoms. The molecule has 0 heterocycles. The fourth-order valence-corrected chi connectivity index (χ4v) is 1.29. The van der Waals surface area contributed by atoms with E-state index in [-0.39, 0.29) is 11.7 Å². The number of hydrogen-bond acceptors (Lipinski definition) is 1. The van der Waals surface area contributed by atoms with Crippen molar-refractivity contribution in [3.05, 3.63) is 34.1 Å². The number of carbonyl (C=O) groups excluding carboxylic acids is 1. The molecule has 1 aromatic carbocycles. The lowest BCUT2D eigenvalue weighted by atomic mass is 10.2. The fourth-order valence-electron chi connectivity index (χ4n) is 0.898. The summed E-state index contributed by atoms with van der Waals surface area (Å²) in [6.07, 6.45) is 0. The Morgan fingerprint density at radius 2 is 2.31 bits per heavy atom. The van der Waals surface area contributed by atoms with Gasteiger partial charge in [-0.25, -0.2) is 4.39 Å². The lowest BCUT2D eigenvalue weighted by Gasteiger charge is -2.04. The molecule has 1 aromatic rings. The molecular weight excluding hydrogens is 237 g/mol. The van der Waals surface area contributed by atoms with Gasteiger partial charge in [-0.1, -0.05) is 15.9 Å². The second-order valence-corrected chi connectivity index (χ2v) is 3.50. The second kappa shape index (κ2) is 4.37. The SMILES string of the molecule is CC(=O)NCc1cc(F)ccc1Br. The van der Waals surface area contributed by atoms with E-state index in [0.717, 1.165) is 10.0 Å². The van der Waals surface area contributed by atoms with Crippen LogP contribution < -0.4 is 5.32 Å². The number of carbonyl (C=O) groups is 1. The van der Waals surface area contributed by atoms with Gasteiger partial charge in [0.25, 0.3) is 0 Å². The van der Waals surface area contributed by atoms with Gasteiger partial charge in [-0.2, -0.15) is 0 Å². The minimum absolute atomic E-state index is 0.129. The molecular formula is C9H9BrFNO. The number of hydrogen-bond donors (Lipinski definition) is 1. The number of amides is 1. The molecule has 1 amide bonds. The van der Waals surface area contributed by atoms with E-state index in [1.54, 1.807) is 6.07 Å². The van der Waals surface area contributed by atoms with Crippen LogP contribution >= 0.6 is 15.9 Å². The molecule has 0 aliphatic rings. The first kappa shape index (κ1) is 10.2. The Bertz CT molecular complexity index is 327. The Morgan fingerprint density at radius 1 is 1.62 bits per heavy atom. The molecule has 70 valence electrons. The molecule has 0 fully saturated rings. The molecule has 0 atom stereocenters. The maximum atomic E-state index is 12.7. The zero-order chi connectivity index (χ0) is 9.84. The van der Waals surface area contributed by atoms with Crippen LogP contribution in [-0.4, -0.2) is 5.91 Å². The van der Waals surface area contributed by atoms with Gasteiger partial charge in [0, 0.05) is 17.9 Å². The highest BCUT2D eigenvalue weighted by Gasteiger charge is 2.01. The van der Waals surface area contributed by atoms with Crippen LogP contribution in [0, 0.1) is 5.82 Å². The van der Waals surface area contributed by atoms with Gasteiger partial charge in [-0.3, -0.25) is 4.79 Å². The van der Waals surface area contributed by atoms with E-state index >= 15 is 0 Å². The largest absolute Gasteiger partial charge is 0.352 e. The van der Waals surface area contributed by atoms with Gasteiger partial charge in [0.2, 0.25) is 5.91 Å². The Balaban J connectivity index is 2.75. The summed E-state index contributed by atoms with van der Waals surface area (Å²) >= 11 is 3.26.